The van der Waals surface area contributed by atoms with Crippen molar-refractivity contribution in [1.29, 1.82) is 0 Å². The first-order chi connectivity index (χ1) is 6.22. The summed E-state index contributed by atoms with van der Waals surface area (Å²) < 4.78 is 0. The zero-order valence-electron chi connectivity index (χ0n) is 8.51. The van der Waals surface area contributed by atoms with Crippen LogP contribution in [0.25, 0.3) is 0 Å². The van der Waals surface area contributed by atoms with Crippen molar-refractivity contribution in [1.82, 2.24) is 10.7 Å². The van der Waals surface area contributed by atoms with Gasteiger partial charge in [-0.2, -0.15) is 0 Å². The molecule has 4 heteroatoms. The lowest BCUT2D eigenvalue weighted by atomic mass is 10.3. The van der Waals surface area contributed by atoms with Crippen LogP contribution in [0.5, 0.6) is 0 Å². The number of rotatable bonds is 4. The van der Waals surface area contributed by atoms with Gasteiger partial charge in [-0.15, -0.1) is 0 Å². The summed E-state index contributed by atoms with van der Waals surface area (Å²) in [5.41, 5.74) is 2.57. The van der Waals surface area contributed by atoms with Gasteiger partial charge in [0, 0.05) is 12.6 Å². The van der Waals surface area contributed by atoms with E-state index in [1.54, 1.807) is 0 Å². The molecule has 0 aromatic carbocycles. The van der Waals surface area contributed by atoms with E-state index >= 15 is 0 Å². The second-order valence-electron chi connectivity index (χ2n) is 3.91. The van der Waals surface area contributed by atoms with Gasteiger partial charge in [-0.05, 0) is 26.2 Å². The van der Waals surface area contributed by atoms with Crippen LogP contribution in [0.1, 0.15) is 33.1 Å². The number of nitrogens with one attached hydrogen (secondary N) is 2. The highest BCUT2D eigenvalue weighted by Gasteiger charge is 2.20. The first-order valence-corrected chi connectivity index (χ1v) is 5.00. The molecule has 0 saturated heterocycles. The third-order valence-corrected chi connectivity index (χ3v) is 2.07. The number of hydrogen-bond donors (Lipinski definition) is 3. The molecule has 1 saturated carbocycles. The minimum Gasteiger partial charge on any atom is -0.353 e. The molecule has 1 aliphatic carbocycles. The summed E-state index contributed by atoms with van der Waals surface area (Å²) in [4.78, 5) is 4.33. The Morgan fingerprint density at radius 2 is 2.23 bits per heavy atom. The summed E-state index contributed by atoms with van der Waals surface area (Å²) in [6.45, 7) is 5.01. The second-order valence-corrected chi connectivity index (χ2v) is 3.91. The van der Waals surface area contributed by atoms with Crippen LogP contribution in [-0.4, -0.2) is 18.5 Å². The maximum Gasteiger partial charge on any atom is 0.205 e. The SMILES string of the molecule is CC(C)NC(=NCCC1CC1)NN. The first kappa shape index (κ1) is 10.3. The molecule has 0 bridgehead atoms. The lowest BCUT2D eigenvalue weighted by molar-refractivity contribution is 0.688. The van der Waals surface area contributed by atoms with Gasteiger partial charge in [-0.1, -0.05) is 12.8 Å². The van der Waals surface area contributed by atoms with E-state index in [2.05, 4.69) is 29.6 Å². The van der Waals surface area contributed by atoms with E-state index in [1.807, 2.05) is 0 Å². The third kappa shape index (κ3) is 4.72. The molecule has 4 N–H and O–H groups in total. The van der Waals surface area contributed by atoms with E-state index in [-0.39, 0.29) is 0 Å². The highest BCUT2D eigenvalue weighted by Crippen LogP contribution is 2.31. The molecule has 0 unspecified atom stereocenters. The Morgan fingerprint density at radius 1 is 1.54 bits per heavy atom. The molecular formula is C9H20N4. The lowest BCUT2D eigenvalue weighted by Gasteiger charge is -2.11. The standard InChI is InChI=1S/C9H20N4/c1-7(2)12-9(13-10)11-6-5-8-3-4-8/h7-8H,3-6,10H2,1-2H3,(H2,11,12,13). The molecule has 0 amide bonds. The highest BCUT2D eigenvalue weighted by molar-refractivity contribution is 5.79. The largest absolute Gasteiger partial charge is 0.353 e. The Morgan fingerprint density at radius 3 is 2.69 bits per heavy atom. The molecule has 76 valence electrons. The predicted molar refractivity (Wildman–Crippen MR) is 55.2 cm³/mol. The summed E-state index contributed by atoms with van der Waals surface area (Å²) in [7, 11) is 0. The Labute approximate surface area is 80.0 Å². The minimum atomic E-state index is 0.371. The van der Waals surface area contributed by atoms with Crippen LogP contribution in [0.4, 0.5) is 0 Å². The van der Waals surface area contributed by atoms with Gasteiger partial charge in [0.05, 0.1) is 0 Å². The van der Waals surface area contributed by atoms with Crippen molar-refractivity contribution >= 4 is 5.96 Å². The van der Waals surface area contributed by atoms with Crippen LogP contribution in [0.3, 0.4) is 0 Å². The topological polar surface area (TPSA) is 62.4 Å². The fourth-order valence-corrected chi connectivity index (χ4v) is 1.17. The van der Waals surface area contributed by atoms with Gasteiger partial charge in [0.15, 0.2) is 0 Å². The fourth-order valence-electron chi connectivity index (χ4n) is 1.17. The number of guanidine groups is 1. The highest BCUT2D eigenvalue weighted by atomic mass is 15.3. The van der Waals surface area contributed by atoms with Gasteiger partial charge in [0.25, 0.3) is 0 Å². The van der Waals surface area contributed by atoms with Crippen LogP contribution >= 0.6 is 0 Å². The number of aliphatic imine (C=N–C) groups is 1. The van der Waals surface area contributed by atoms with Crippen molar-refractivity contribution in [3.63, 3.8) is 0 Å². The number of nitrogens with zero attached hydrogens (tertiary/aromatic N) is 1. The van der Waals surface area contributed by atoms with Crippen molar-refractivity contribution in [2.75, 3.05) is 6.54 Å². The Hall–Kier alpha value is -0.770. The Balaban J connectivity index is 2.17. The second kappa shape index (κ2) is 5.07. The molecule has 0 spiro atoms. The summed E-state index contributed by atoms with van der Waals surface area (Å²) >= 11 is 0. The Kier molecular flexibility index (Phi) is 4.02. The van der Waals surface area contributed by atoms with E-state index in [0.29, 0.717) is 12.0 Å². The molecule has 0 aromatic heterocycles. The lowest BCUT2D eigenvalue weighted by Crippen LogP contribution is -2.44. The fraction of sp³-hybridized carbons (Fsp3) is 0.889. The van der Waals surface area contributed by atoms with Gasteiger partial charge in [-0.3, -0.25) is 10.4 Å². The van der Waals surface area contributed by atoms with Crippen LogP contribution in [0, 0.1) is 5.92 Å². The number of hydrazine groups is 1. The van der Waals surface area contributed by atoms with Crippen LogP contribution in [0.15, 0.2) is 4.99 Å². The van der Waals surface area contributed by atoms with Gasteiger partial charge in [0.1, 0.15) is 0 Å². The predicted octanol–water partition coefficient (Wildman–Crippen LogP) is 0.604. The van der Waals surface area contributed by atoms with Gasteiger partial charge in [0.2, 0.25) is 5.96 Å². The molecule has 1 rings (SSSR count). The molecule has 0 atom stereocenters. The molecule has 0 aliphatic heterocycles. The van der Waals surface area contributed by atoms with Gasteiger partial charge in [-0.25, -0.2) is 5.84 Å². The molecule has 4 nitrogen and oxygen atoms in total. The number of nitrogens with two attached hydrogens (primary N) is 1. The Bertz CT molecular complexity index is 172. The van der Waals surface area contributed by atoms with Gasteiger partial charge >= 0.3 is 0 Å². The maximum atomic E-state index is 5.31. The molecule has 1 aliphatic rings. The molecule has 13 heavy (non-hydrogen) atoms. The third-order valence-electron chi connectivity index (χ3n) is 2.07. The molecular weight excluding hydrogens is 164 g/mol. The normalized spacial score (nSPS) is 17.7. The molecule has 1 fully saturated rings. The first-order valence-electron chi connectivity index (χ1n) is 5.00. The van der Waals surface area contributed by atoms with Crippen LogP contribution in [-0.2, 0) is 0 Å². The minimum absolute atomic E-state index is 0.371. The van der Waals surface area contributed by atoms with Crippen molar-refractivity contribution in [2.45, 2.75) is 39.2 Å². The summed E-state index contributed by atoms with van der Waals surface area (Å²) in [5, 5.41) is 3.14. The average Bonchev–Trinajstić information content (AvgIpc) is 2.85. The van der Waals surface area contributed by atoms with E-state index < -0.39 is 0 Å². The zero-order valence-corrected chi connectivity index (χ0v) is 8.51. The van der Waals surface area contributed by atoms with Crippen molar-refractivity contribution in [3.8, 4) is 0 Å². The van der Waals surface area contributed by atoms with E-state index in [4.69, 9.17) is 5.84 Å². The molecule has 0 radical (unpaired) electrons. The van der Waals surface area contributed by atoms with Gasteiger partial charge < -0.3 is 5.32 Å². The number of hydrogen-bond acceptors (Lipinski definition) is 2. The average molecular weight is 184 g/mol. The zero-order chi connectivity index (χ0) is 9.68. The quantitative estimate of drug-likeness (QED) is 0.259. The smallest absolute Gasteiger partial charge is 0.205 e. The monoisotopic (exact) mass is 184 g/mol. The van der Waals surface area contributed by atoms with Crippen molar-refractivity contribution in [3.05, 3.63) is 0 Å². The summed E-state index contributed by atoms with van der Waals surface area (Å²) in [6, 6.07) is 0.371. The van der Waals surface area contributed by atoms with Crippen molar-refractivity contribution < 1.29 is 0 Å². The molecule has 0 heterocycles. The van der Waals surface area contributed by atoms with Crippen molar-refractivity contribution in [2.24, 2.45) is 16.8 Å². The maximum absolute atomic E-state index is 5.31. The molecule has 0 aromatic rings. The van der Waals surface area contributed by atoms with E-state index in [0.717, 1.165) is 12.5 Å². The van der Waals surface area contributed by atoms with Crippen LogP contribution < -0.4 is 16.6 Å². The summed E-state index contributed by atoms with van der Waals surface area (Å²) in [6.07, 6.45) is 3.97. The van der Waals surface area contributed by atoms with Crippen LogP contribution in [0.2, 0.25) is 0 Å². The van der Waals surface area contributed by atoms with E-state index in [1.165, 1.54) is 19.3 Å². The van der Waals surface area contributed by atoms with E-state index in [9.17, 15) is 0 Å². The summed E-state index contributed by atoms with van der Waals surface area (Å²) in [5.74, 6) is 6.95.